The van der Waals surface area contributed by atoms with Gasteiger partial charge in [-0.3, -0.25) is 34.4 Å². The van der Waals surface area contributed by atoms with E-state index in [0.717, 1.165) is 52.5 Å². The summed E-state index contributed by atoms with van der Waals surface area (Å²) in [6.07, 6.45) is 4.43. The SMILES string of the molecule is CNC(=O)c1ccc(CN(CC2CC2)C(=O)CC2CN(C3c4ccc(Cl)cc4CCc4cc(Br)cnc43)CCN2C(=O)C(OC)c2ccccc2)c([N+](=O)[O-])c1. The lowest BCUT2D eigenvalue weighted by Crippen LogP contribution is -2.58. The first kappa shape index (κ1) is 39.5. The number of aryl methyl sites for hydroxylation is 2. The number of ether oxygens (including phenoxy) is 1. The largest absolute Gasteiger partial charge is 0.367 e. The van der Waals surface area contributed by atoms with E-state index in [1.54, 1.807) is 15.9 Å². The number of nitro groups is 1. The lowest BCUT2D eigenvalue weighted by molar-refractivity contribution is -0.385. The second-order valence-electron chi connectivity index (χ2n) is 14.8. The number of amides is 3. The molecule has 1 N–H and O–H groups in total. The quantitative estimate of drug-likeness (QED) is 0.123. The summed E-state index contributed by atoms with van der Waals surface area (Å²) in [5, 5.41) is 15.4. The Bertz CT molecular complexity index is 2080. The Balaban J connectivity index is 1.24. The molecule has 3 unspecified atom stereocenters. The number of carbonyl (C=O) groups is 3. The highest BCUT2D eigenvalue weighted by atomic mass is 79.9. The van der Waals surface area contributed by atoms with E-state index in [4.69, 9.17) is 21.3 Å². The van der Waals surface area contributed by atoms with Gasteiger partial charge < -0.3 is 19.9 Å². The van der Waals surface area contributed by atoms with Gasteiger partial charge in [0.1, 0.15) is 0 Å². The molecule has 292 valence electrons. The molecule has 3 aromatic carbocycles. The highest BCUT2D eigenvalue weighted by Crippen LogP contribution is 2.40. The number of pyridine rings is 1. The molecule has 12 nitrogen and oxygen atoms in total. The van der Waals surface area contributed by atoms with E-state index < -0.39 is 23.0 Å². The summed E-state index contributed by atoms with van der Waals surface area (Å²) >= 11 is 10.1. The number of fused-ring (bicyclic) bond motifs is 2. The monoisotopic (exact) mass is 842 g/mol. The molecular weight excluding hydrogens is 800 g/mol. The molecule has 3 amide bonds. The van der Waals surface area contributed by atoms with Gasteiger partial charge in [-0.1, -0.05) is 48.0 Å². The van der Waals surface area contributed by atoms with E-state index in [-0.39, 0.29) is 48.0 Å². The molecule has 1 saturated heterocycles. The molecule has 2 heterocycles. The minimum absolute atomic E-state index is 0.00229. The Labute approximate surface area is 339 Å². The van der Waals surface area contributed by atoms with Crippen molar-refractivity contribution >= 4 is 50.9 Å². The molecule has 56 heavy (non-hydrogen) atoms. The number of rotatable bonds is 12. The standard InChI is InChI=1S/C42H44BrClN6O6/c1-45-41(52)30-12-13-31(36(20-30)50(54)55)24-48(23-26-8-9-26)37(51)21-34-25-47(16-17-49(34)42(53)40(56-2)27-6-4-3-5-7-27)39-35-15-14-33(44)19-28(35)10-11-29-18-32(43)22-46-38(29)39/h3-7,12-15,18-20,22,26,34,39-40H,8-11,16-17,21,23-25H2,1-2H3,(H,45,52). The van der Waals surface area contributed by atoms with Crippen LogP contribution in [0.4, 0.5) is 5.69 Å². The Morgan fingerprint density at radius 3 is 2.54 bits per heavy atom. The summed E-state index contributed by atoms with van der Waals surface area (Å²) in [5.74, 6) is -0.598. The maximum atomic E-state index is 14.6. The fourth-order valence-corrected chi connectivity index (χ4v) is 8.65. The number of carbonyl (C=O) groups excluding carboxylic acids is 3. The third kappa shape index (κ3) is 8.66. The Hall–Kier alpha value is -4.69. The molecule has 4 aromatic rings. The van der Waals surface area contributed by atoms with Crippen molar-refractivity contribution in [1.82, 2.24) is 25.0 Å². The summed E-state index contributed by atoms with van der Waals surface area (Å²) in [5.41, 5.74) is 5.26. The van der Waals surface area contributed by atoms with Crippen LogP contribution in [-0.2, 0) is 33.7 Å². The van der Waals surface area contributed by atoms with Crippen molar-refractivity contribution in [1.29, 1.82) is 0 Å². The molecule has 3 atom stereocenters. The third-order valence-corrected chi connectivity index (χ3v) is 11.8. The van der Waals surface area contributed by atoms with Crippen molar-refractivity contribution in [3.63, 3.8) is 0 Å². The Morgan fingerprint density at radius 1 is 1.05 bits per heavy atom. The van der Waals surface area contributed by atoms with Gasteiger partial charge in [0.15, 0.2) is 6.10 Å². The van der Waals surface area contributed by atoms with Crippen molar-refractivity contribution < 1.29 is 24.0 Å². The van der Waals surface area contributed by atoms with Crippen molar-refractivity contribution in [2.75, 3.05) is 40.3 Å². The Kier molecular flexibility index (Phi) is 12.2. The number of benzene rings is 3. The van der Waals surface area contributed by atoms with Crippen molar-refractivity contribution in [3.05, 3.63) is 138 Å². The number of nitrogens with zero attached hydrogens (tertiary/aromatic N) is 5. The number of methoxy groups -OCH3 is 1. The van der Waals surface area contributed by atoms with Crippen LogP contribution in [0.15, 0.2) is 83.5 Å². The minimum atomic E-state index is -0.870. The molecular formula is C42H44BrClN6O6. The molecule has 14 heteroatoms. The lowest BCUT2D eigenvalue weighted by atomic mass is 9.94. The van der Waals surface area contributed by atoms with E-state index in [9.17, 15) is 24.5 Å². The van der Waals surface area contributed by atoms with E-state index in [1.165, 1.54) is 26.3 Å². The lowest BCUT2D eigenvalue weighted by Gasteiger charge is -2.45. The number of nitrogens with one attached hydrogen (secondary N) is 1. The van der Waals surface area contributed by atoms with Crippen LogP contribution in [0.3, 0.4) is 0 Å². The molecule has 1 aromatic heterocycles. The van der Waals surface area contributed by atoms with Crippen LogP contribution in [0.1, 0.15) is 75.3 Å². The van der Waals surface area contributed by atoms with Crippen LogP contribution in [-0.4, -0.2) is 88.7 Å². The molecule has 0 bridgehead atoms. The van der Waals surface area contributed by atoms with Crippen LogP contribution in [0.25, 0.3) is 0 Å². The van der Waals surface area contributed by atoms with E-state index >= 15 is 0 Å². The van der Waals surface area contributed by atoms with Gasteiger partial charge in [0.05, 0.1) is 29.2 Å². The van der Waals surface area contributed by atoms with Gasteiger partial charge in [0.25, 0.3) is 17.5 Å². The van der Waals surface area contributed by atoms with Crippen LogP contribution >= 0.6 is 27.5 Å². The fraction of sp³-hybridized carbons (Fsp3) is 0.381. The number of piperazine rings is 1. The Morgan fingerprint density at radius 2 is 1.82 bits per heavy atom. The average Bonchev–Trinajstić information content (AvgIpc) is 4.04. The molecule has 2 aliphatic carbocycles. The molecule has 1 saturated carbocycles. The molecule has 0 spiro atoms. The second-order valence-corrected chi connectivity index (χ2v) is 16.1. The number of aromatic nitrogens is 1. The van der Waals surface area contributed by atoms with Gasteiger partial charge in [0, 0.05) is 79.6 Å². The van der Waals surface area contributed by atoms with E-state index in [2.05, 4.69) is 38.3 Å². The molecule has 1 aliphatic heterocycles. The number of hydrogen-bond donors (Lipinski definition) is 1. The highest BCUT2D eigenvalue weighted by molar-refractivity contribution is 9.10. The van der Waals surface area contributed by atoms with Gasteiger partial charge in [-0.05, 0) is 100 Å². The summed E-state index contributed by atoms with van der Waals surface area (Å²) in [6.45, 7) is 1.65. The minimum Gasteiger partial charge on any atom is -0.367 e. The second kappa shape index (κ2) is 17.2. The summed E-state index contributed by atoms with van der Waals surface area (Å²) < 4.78 is 6.71. The smallest absolute Gasteiger partial charge is 0.275 e. The third-order valence-electron chi connectivity index (χ3n) is 11.1. The predicted octanol–water partition coefficient (Wildman–Crippen LogP) is 6.68. The van der Waals surface area contributed by atoms with Gasteiger partial charge in [-0.15, -0.1) is 0 Å². The normalized spacial score (nSPS) is 18.6. The zero-order valence-electron chi connectivity index (χ0n) is 31.3. The zero-order valence-corrected chi connectivity index (χ0v) is 33.7. The average molecular weight is 844 g/mol. The van der Waals surface area contributed by atoms with Gasteiger partial charge >= 0.3 is 0 Å². The zero-order chi connectivity index (χ0) is 39.5. The van der Waals surface area contributed by atoms with E-state index in [1.807, 2.05) is 48.7 Å². The van der Waals surface area contributed by atoms with Crippen molar-refractivity contribution in [2.24, 2.45) is 5.92 Å². The topological polar surface area (TPSA) is 138 Å². The summed E-state index contributed by atoms with van der Waals surface area (Å²) in [7, 11) is 2.98. The van der Waals surface area contributed by atoms with Crippen LogP contribution in [0.2, 0.25) is 5.02 Å². The summed E-state index contributed by atoms with van der Waals surface area (Å²) in [4.78, 5) is 63.9. The van der Waals surface area contributed by atoms with Crippen LogP contribution in [0, 0.1) is 16.0 Å². The first-order valence-electron chi connectivity index (χ1n) is 18.9. The van der Waals surface area contributed by atoms with Crippen LogP contribution < -0.4 is 5.32 Å². The first-order chi connectivity index (χ1) is 27.0. The molecule has 7 rings (SSSR count). The van der Waals surface area contributed by atoms with E-state index in [0.29, 0.717) is 42.3 Å². The van der Waals surface area contributed by atoms with Gasteiger partial charge in [-0.2, -0.15) is 0 Å². The highest BCUT2D eigenvalue weighted by Gasteiger charge is 2.41. The first-order valence-corrected chi connectivity index (χ1v) is 20.0. The molecule has 2 fully saturated rings. The number of halogens is 2. The molecule has 0 radical (unpaired) electrons. The van der Waals surface area contributed by atoms with Gasteiger partial charge in [0.2, 0.25) is 5.91 Å². The summed E-state index contributed by atoms with van der Waals surface area (Å²) in [6, 6.07) is 21.0. The predicted molar refractivity (Wildman–Crippen MR) is 215 cm³/mol. The molecule has 3 aliphatic rings. The van der Waals surface area contributed by atoms with Crippen molar-refractivity contribution in [3.8, 4) is 0 Å². The fourth-order valence-electron chi connectivity index (χ4n) is 8.07. The number of nitro benzene ring substituents is 1. The van der Waals surface area contributed by atoms with Crippen molar-refractivity contribution in [2.45, 2.75) is 56.8 Å². The maximum Gasteiger partial charge on any atom is 0.275 e. The number of hydrogen-bond acceptors (Lipinski definition) is 8. The maximum absolute atomic E-state index is 14.6. The van der Waals surface area contributed by atoms with Gasteiger partial charge in [-0.25, -0.2) is 0 Å². The van der Waals surface area contributed by atoms with Crippen LogP contribution in [0.5, 0.6) is 0 Å².